The molecule has 0 saturated heterocycles. The van der Waals surface area contributed by atoms with Crippen LogP contribution in [0.5, 0.6) is 5.75 Å². The van der Waals surface area contributed by atoms with Gasteiger partial charge in [-0.2, -0.15) is 0 Å². The number of fused-ring (bicyclic) bond motifs is 1. The van der Waals surface area contributed by atoms with Crippen LogP contribution in [0.1, 0.15) is 36.0 Å². The number of halogens is 1. The quantitative estimate of drug-likeness (QED) is 0.876. The molecule has 1 fully saturated rings. The van der Waals surface area contributed by atoms with E-state index in [4.69, 9.17) is 5.73 Å². The number of phenolic OH excluding ortho intramolecular Hbond substituents is 1. The van der Waals surface area contributed by atoms with E-state index < -0.39 is 0 Å². The summed E-state index contributed by atoms with van der Waals surface area (Å²) in [6.07, 6.45) is 6.40. The molecule has 0 aromatic heterocycles. The van der Waals surface area contributed by atoms with Crippen molar-refractivity contribution >= 4 is 15.9 Å². The van der Waals surface area contributed by atoms with Gasteiger partial charge in [0.2, 0.25) is 0 Å². The van der Waals surface area contributed by atoms with Crippen LogP contribution in [0.25, 0.3) is 0 Å². The molecule has 1 aromatic rings. The van der Waals surface area contributed by atoms with Gasteiger partial charge in [-0.3, -0.25) is 0 Å². The van der Waals surface area contributed by atoms with Crippen LogP contribution in [-0.4, -0.2) is 10.6 Å². The van der Waals surface area contributed by atoms with E-state index in [-0.39, 0.29) is 5.54 Å². The van der Waals surface area contributed by atoms with Gasteiger partial charge in [-0.1, -0.05) is 6.07 Å². The van der Waals surface area contributed by atoms with Crippen LogP contribution in [0.15, 0.2) is 10.5 Å². The zero-order chi connectivity index (χ0) is 11.3. The fourth-order valence-electron chi connectivity index (χ4n) is 2.59. The smallest absolute Gasteiger partial charge is 0.133 e. The van der Waals surface area contributed by atoms with Crippen molar-refractivity contribution in [3.8, 4) is 5.75 Å². The lowest BCUT2D eigenvalue weighted by Crippen LogP contribution is -2.24. The predicted molar refractivity (Wildman–Crippen MR) is 67.7 cm³/mol. The Morgan fingerprint density at radius 2 is 2.12 bits per heavy atom. The summed E-state index contributed by atoms with van der Waals surface area (Å²) < 4.78 is 0.904. The van der Waals surface area contributed by atoms with Gasteiger partial charge in [-0.05, 0) is 71.1 Å². The average molecular weight is 282 g/mol. The first-order chi connectivity index (χ1) is 7.59. The Balaban J connectivity index is 2.02. The van der Waals surface area contributed by atoms with E-state index in [0.29, 0.717) is 5.75 Å². The molecule has 0 aliphatic heterocycles. The summed E-state index contributed by atoms with van der Waals surface area (Å²) in [7, 11) is 0. The first kappa shape index (κ1) is 10.6. The largest absolute Gasteiger partial charge is 0.506 e. The molecule has 3 heteroatoms. The van der Waals surface area contributed by atoms with Crippen molar-refractivity contribution in [2.24, 2.45) is 5.73 Å². The first-order valence-corrected chi connectivity index (χ1v) is 6.69. The van der Waals surface area contributed by atoms with Crippen LogP contribution in [-0.2, 0) is 19.3 Å². The van der Waals surface area contributed by atoms with Crippen molar-refractivity contribution in [3.05, 3.63) is 27.2 Å². The highest BCUT2D eigenvalue weighted by molar-refractivity contribution is 9.10. The van der Waals surface area contributed by atoms with Gasteiger partial charge < -0.3 is 10.8 Å². The molecule has 2 aliphatic carbocycles. The Bertz CT molecular complexity index is 452. The molecule has 0 spiro atoms. The van der Waals surface area contributed by atoms with Gasteiger partial charge in [0, 0.05) is 5.54 Å². The van der Waals surface area contributed by atoms with E-state index >= 15 is 0 Å². The molecule has 0 bridgehead atoms. The van der Waals surface area contributed by atoms with E-state index in [9.17, 15) is 5.11 Å². The number of benzene rings is 1. The molecule has 2 nitrogen and oxygen atoms in total. The van der Waals surface area contributed by atoms with E-state index in [1.807, 2.05) is 0 Å². The zero-order valence-electron chi connectivity index (χ0n) is 9.22. The van der Waals surface area contributed by atoms with Gasteiger partial charge in [-0.25, -0.2) is 0 Å². The summed E-state index contributed by atoms with van der Waals surface area (Å²) in [5.41, 5.74) is 9.79. The Morgan fingerprint density at radius 1 is 1.38 bits per heavy atom. The third-order valence-corrected chi connectivity index (χ3v) is 4.67. The van der Waals surface area contributed by atoms with Gasteiger partial charge >= 0.3 is 0 Å². The fourth-order valence-corrected chi connectivity index (χ4v) is 3.30. The van der Waals surface area contributed by atoms with Crippen molar-refractivity contribution in [1.82, 2.24) is 0 Å². The van der Waals surface area contributed by atoms with Gasteiger partial charge in [-0.15, -0.1) is 0 Å². The molecule has 0 unspecified atom stereocenters. The predicted octanol–water partition coefficient (Wildman–Crippen LogP) is 2.68. The highest BCUT2D eigenvalue weighted by atomic mass is 79.9. The molecular formula is C13H16BrNO. The van der Waals surface area contributed by atoms with E-state index in [2.05, 4.69) is 22.0 Å². The van der Waals surface area contributed by atoms with E-state index in [1.165, 1.54) is 17.5 Å². The Hall–Kier alpha value is -0.540. The normalized spacial score (nSPS) is 20.9. The number of hydrogen-bond donors (Lipinski definition) is 2. The molecule has 0 amide bonds. The number of nitrogens with two attached hydrogens (primary N) is 1. The number of hydrogen-bond acceptors (Lipinski definition) is 2. The van der Waals surface area contributed by atoms with Crippen molar-refractivity contribution in [3.63, 3.8) is 0 Å². The summed E-state index contributed by atoms with van der Waals surface area (Å²) in [6.45, 7) is 0. The van der Waals surface area contributed by atoms with Crippen molar-refractivity contribution in [1.29, 1.82) is 0 Å². The molecule has 2 aliphatic rings. The number of aromatic hydroxyl groups is 1. The summed E-state index contributed by atoms with van der Waals surface area (Å²) >= 11 is 3.52. The summed E-state index contributed by atoms with van der Waals surface area (Å²) in [6, 6.07) is 2.16. The van der Waals surface area contributed by atoms with Gasteiger partial charge in [0.05, 0.1) is 4.47 Å². The van der Waals surface area contributed by atoms with Gasteiger partial charge in [0.1, 0.15) is 5.75 Å². The van der Waals surface area contributed by atoms with Crippen molar-refractivity contribution in [2.45, 2.75) is 44.1 Å². The monoisotopic (exact) mass is 281 g/mol. The summed E-state index contributed by atoms with van der Waals surface area (Å²) in [5, 5.41) is 10.2. The third kappa shape index (κ3) is 1.66. The average Bonchev–Trinajstić information content (AvgIpc) is 2.79. The lowest BCUT2D eigenvalue weighted by atomic mass is 9.99. The van der Waals surface area contributed by atoms with Crippen LogP contribution in [0.3, 0.4) is 0 Å². The maximum atomic E-state index is 10.2. The Kier molecular flexibility index (Phi) is 2.30. The standard InChI is InChI=1S/C13H16BrNO/c14-11-10-3-1-2-8(10)6-9(12(11)16)7-13(15)4-5-13/h6,16H,1-5,7,15H2. The maximum Gasteiger partial charge on any atom is 0.133 e. The summed E-state index contributed by atoms with van der Waals surface area (Å²) in [4.78, 5) is 0. The van der Waals surface area contributed by atoms with Crippen LogP contribution < -0.4 is 5.73 Å². The molecule has 86 valence electrons. The number of rotatable bonds is 2. The second-order valence-electron chi connectivity index (χ2n) is 5.23. The minimum absolute atomic E-state index is 0.0379. The minimum atomic E-state index is -0.0379. The Morgan fingerprint density at radius 3 is 2.81 bits per heavy atom. The molecule has 0 radical (unpaired) electrons. The second-order valence-corrected chi connectivity index (χ2v) is 6.02. The lowest BCUT2D eigenvalue weighted by molar-refractivity contribution is 0.459. The van der Waals surface area contributed by atoms with Crippen LogP contribution >= 0.6 is 15.9 Å². The maximum absolute atomic E-state index is 10.2. The fraction of sp³-hybridized carbons (Fsp3) is 0.538. The highest BCUT2D eigenvalue weighted by Gasteiger charge is 2.39. The third-order valence-electron chi connectivity index (χ3n) is 3.82. The van der Waals surface area contributed by atoms with Crippen LogP contribution in [0, 0.1) is 0 Å². The molecule has 1 aromatic carbocycles. The Labute approximate surface area is 104 Å². The van der Waals surface area contributed by atoms with Crippen molar-refractivity contribution < 1.29 is 5.11 Å². The lowest BCUT2D eigenvalue weighted by Gasteiger charge is -2.14. The second kappa shape index (κ2) is 3.47. The molecule has 0 atom stereocenters. The minimum Gasteiger partial charge on any atom is -0.506 e. The van der Waals surface area contributed by atoms with E-state index in [0.717, 1.165) is 42.1 Å². The molecule has 16 heavy (non-hydrogen) atoms. The molecule has 1 saturated carbocycles. The van der Waals surface area contributed by atoms with Crippen LogP contribution in [0.4, 0.5) is 0 Å². The molecule has 3 N–H and O–H groups in total. The number of aryl methyl sites for hydroxylation is 1. The molecule has 0 heterocycles. The SMILES string of the molecule is NC1(Cc2cc3c(c(Br)c2O)CCC3)CC1. The van der Waals surface area contributed by atoms with E-state index in [1.54, 1.807) is 0 Å². The highest BCUT2D eigenvalue weighted by Crippen LogP contribution is 2.43. The summed E-state index contributed by atoms with van der Waals surface area (Å²) in [5.74, 6) is 0.414. The molecule has 3 rings (SSSR count). The topological polar surface area (TPSA) is 46.2 Å². The first-order valence-electron chi connectivity index (χ1n) is 5.90. The van der Waals surface area contributed by atoms with Crippen LogP contribution in [0.2, 0.25) is 0 Å². The van der Waals surface area contributed by atoms with Gasteiger partial charge in [0.25, 0.3) is 0 Å². The van der Waals surface area contributed by atoms with Gasteiger partial charge in [0.15, 0.2) is 0 Å². The number of phenols is 1. The zero-order valence-corrected chi connectivity index (χ0v) is 10.8. The van der Waals surface area contributed by atoms with Crippen molar-refractivity contribution in [2.75, 3.05) is 0 Å². The molecular weight excluding hydrogens is 266 g/mol.